The smallest absolute Gasteiger partial charge is 0.307 e. The van der Waals surface area contributed by atoms with Crippen LogP contribution in [0.25, 0.3) is 0 Å². The highest BCUT2D eigenvalue weighted by atomic mass is 32.1. The number of rotatable bonds is 8. The quantitative estimate of drug-likeness (QED) is 0.557. The molecule has 6 heteroatoms. The molecule has 0 spiro atoms. The number of thiocarbonyl (C=S) groups is 1. The maximum atomic E-state index is 12.1. The summed E-state index contributed by atoms with van der Waals surface area (Å²) < 4.78 is 4.79. The molecule has 0 radical (unpaired) electrons. The van der Waals surface area contributed by atoms with E-state index in [2.05, 4.69) is 5.32 Å². The monoisotopic (exact) mass is 308 g/mol. The van der Waals surface area contributed by atoms with Gasteiger partial charge in [0.15, 0.2) is 0 Å². The van der Waals surface area contributed by atoms with Crippen molar-refractivity contribution in [3.8, 4) is 0 Å². The van der Waals surface area contributed by atoms with Gasteiger partial charge in [-0.1, -0.05) is 42.5 Å². The maximum Gasteiger partial charge on any atom is 0.307 e. The third-order valence-electron chi connectivity index (χ3n) is 2.88. The number of amides is 1. The minimum atomic E-state index is -0.579. The number of benzene rings is 1. The molecule has 0 bridgehead atoms. The molecule has 0 saturated heterocycles. The lowest BCUT2D eigenvalue weighted by atomic mass is 9.98. The van der Waals surface area contributed by atoms with Crippen molar-refractivity contribution in [2.24, 2.45) is 11.7 Å². The zero-order chi connectivity index (χ0) is 15.7. The SMILES string of the molecule is CCOC(=O)CCNC(=O)C(Cc1ccccc1)C(N)=S. The Morgan fingerprint density at radius 1 is 1.33 bits per heavy atom. The fourth-order valence-corrected chi connectivity index (χ4v) is 2.01. The van der Waals surface area contributed by atoms with Gasteiger partial charge in [0, 0.05) is 6.54 Å². The first-order chi connectivity index (χ1) is 10.0. The minimum Gasteiger partial charge on any atom is -0.466 e. The van der Waals surface area contributed by atoms with E-state index in [9.17, 15) is 9.59 Å². The van der Waals surface area contributed by atoms with Crippen LogP contribution in [-0.4, -0.2) is 30.0 Å². The molecule has 3 N–H and O–H groups in total. The van der Waals surface area contributed by atoms with Gasteiger partial charge in [-0.3, -0.25) is 9.59 Å². The molecule has 0 heterocycles. The number of carbonyl (C=O) groups is 2. The van der Waals surface area contributed by atoms with E-state index in [4.69, 9.17) is 22.7 Å². The fourth-order valence-electron chi connectivity index (χ4n) is 1.82. The molecule has 0 fully saturated rings. The first kappa shape index (κ1) is 17.1. The first-order valence-electron chi connectivity index (χ1n) is 6.81. The molecule has 21 heavy (non-hydrogen) atoms. The molecular formula is C15H20N2O3S. The van der Waals surface area contributed by atoms with Crippen LogP contribution in [0.1, 0.15) is 18.9 Å². The number of carbonyl (C=O) groups excluding carboxylic acids is 2. The van der Waals surface area contributed by atoms with Crippen molar-refractivity contribution in [1.29, 1.82) is 0 Å². The van der Waals surface area contributed by atoms with Crippen LogP contribution in [0.2, 0.25) is 0 Å². The van der Waals surface area contributed by atoms with Gasteiger partial charge in [-0.05, 0) is 18.9 Å². The Labute approximate surface area is 129 Å². The van der Waals surface area contributed by atoms with E-state index in [1.807, 2.05) is 30.3 Å². The van der Waals surface area contributed by atoms with Gasteiger partial charge in [-0.2, -0.15) is 0 Å². The van der Waals surface area contributed by atoms with Gasteiger partial charge in [0.2, 0.25) is 5.91 Å². The molecule has 1 amide bonds. The Kier molecular flexibility index (Phi) is 7.39. The Morgan fingerprint density at radius 3 is 2.57 bits per heavy atom. The van der Waals surface area contributed by atoms with Crippen LogP contribution in [0.15, 0.2) is 30.3 Å². The van der Waals surface area contributed by atoms with Gasteiger partial charge in [-0.25, -0.2) is 0 Å². The molecule has 1 rings (SSSR count). The van der Waals surface area contributed by atoms with Crippen molar-refractivity contribution in [2.45, 2.75) is 19.8 Å². The summed E-state index contributed by atoms with van der Waals surface area (Å²) in [6, 6.07) is 9.52. The third kappa shape index (κ3) is 6.35. The summed E-state index contributed by atoms with van der Waals surface area (Å²) in [4.78, 5) is 23.4. The number of nitrogens with one attached hydrogen (secondary N) is 1. The van der Waals surface area contributed by atoms with Crippen LogP contribution in [0, 0.1) is 5.92 Å². The van der Waals surface area contributed by atoms with Gasteiger partial charge in [0.1, 0.15) is 0 Å². The highest BCUT2D eigenvalue weighted by Crippen LogP contribution is 2.09. The number of nitrogens with two attached hydrogens (primary N) is 1. The van der Waals surface area contributed by atoms with Gasteiger partial charge in [0.25, 0.3) is 0 Å². The van der Waals surface area contributed by atoms with Crippen LogP contribution in [0.4, 0.5) is 0 Å². The van der Waals surface area contributed by atoms with E-state index in [-0.39, 0.29) is 29.8 Å². The first-order valence-corrected chi connectivity index (χ1v) is 7.22. The fraction of sp³-hybridized carbons (Fsp3) is 0.400. The van der Waals surface area contributed by atoms with E-state index in [1.165, 1.54) is 0 Å². The van der Waals surface area contributed by atoms with E-state index in [0.29, 0.717) is 13.0 Å². The second kappa shape index (κ2) is 9.07. The average molecular weight is 308 g/mol. The normalized spacial score (nSPS) is 11.5. The maximum absolute atomic E-state index is 12.1. The molecule has 0 aliphatic carbocycles. The molecular weight excluding hydrogens is 288 g/mol. The molecule has 114 valence electrons. The molecule has 5 nitrogen and oxygen atoms in total. The Balaban J connectivity index is 2.50. The van der Waals surface area contributed by atoms with E-state index >= 15 is 0 Å². The largest absolute Gasteiger partial charge is 0.466 e. The van der Waals surface area contributed by atoms with Crippen molar-refractivity contribution in [2.75, 3.05) is 13.2 Å². The number of hydrogen-bond donors (Lipinski definition) is 2. The van der Waals surface area contributed by atoms with Crippen molar-refractivity contribution in [3.05, 3.63) is 35.9 Å². The highest BCUT2D eigenvalue weighted by Gasteiger charge is 2.21. The molecule has 0 aliphatic rings. The summed E-state index contributed by atoms with van der Waals surface area (Å²) in [5, 5.41) is 2.67. The van der Waals surface area contributed by atoms with Crippen molar-refractivity contribution >= 4 is 29.1 Å². The van der Waals surface area contributed by atoms with Crippen molar-refractivity contribution < 1.29 is 14.3 Å². The molecule has 1 unspecified atom stereocenters. The van der Waals surface area contributed by atoms with E-state index in [1.54, 1.807) is 6.92 Å². The minimum absolute atomic E-state index is 0.134. The van der Waals surface area contributed by atoms with Crippen LogP contribution in [0.3, 0.4) is 0 Å². The number of hydrogen-bond acceptors (Lipinski definition) is 4. The van der Waals surface area contributed by atoms with Crippen molar-refractivity contribution in [1.82, 2.24) is 5.32 Å². The highest BCUT2D eigenvalue weighted by molar-refractivity contribution is 7.80. The topological polar surface area (TPSA) is 81.4 Å². The van der Waals surface area contributed by atoms with Gasteiger partial charge in [-0.15, -0.1) is 0 Å². The lowest BCUT2D eigenvalue weighted by Gasteiger charge is -2.15. The summed E-state index contributed by atoms with van der Waals surface area (Å²) in [5.74, 6) is -1.19. The molecule has 1 aromatic rings. The lowest BCUT2D eigenvalue weighted by Crippen LogP contribution is -2.40. The predicted octanol–water partition coefficient (Wildman–Crippen LogP) is 1.20. The van der Waals surface area contributed by atoms with Gasteiger partial charge < -0.3 is 15.8 Å². The standard InChI is InChI=1S/C15H20N2O3S/c1-2-20-13(18)8-9-17-15(19)12(14(16)21)10-11-6-4-3-5-7-11/h3-7,12H,2,8-10H2,1H3,(H2,16,21)(H,17,19). The third-order valence-corrected chi connectivity index (χ3v) is 3.16. The zero-order valence-electron chi connectivity index (χ0n) is 12.0. The lowest BCUT2D eigenvalue weighted by molar-refractivity contribution is -0.143. The summed E-state index contributed by atoms with van der Waals surface area (Å²) in [6.45, 7) is 2.28. The number of ether oxygens (including phenoxy) is 1. The predicted molar refractivity (Wildman–Crippen MR) is 84.7 cm³/mol. The molecule has 0 aromatic heterocycles. The van der Waals surface area contributed by atoms with Crippen LogP contribution in [0.5, 0.6) is 0 Å². The van der Waals surface area contributed by atoms with Crippen LogP contribution >= 0.6 is 12.2 Å². The summed E-state index contributed by atoms with van der Waals surface area (Å²) in [6.07, 6.45) is 0.580. The van der Waals surface area contributed by atoms with Gasteiger partial charge >= 0.3 is 5.97 Å². The van der Waals surface area contributed by atoms with E-state index < -0.39 is 5.92 Å². The second-order valence-electron chi connectivity index (χ2n) is 4.49. The molecule has 0 aliphatic heterocycles. The zero-order valence-corrected chi connectivity index (χ0v) is 12.8. The van der Waals surface area contributed by atoms with Crippen LogP contribution in [-0.2, 0) is 20.7 Å². The Morgan fingerprint density at radius 2 is 2.00 bits per heavy atom. The molecule has 1 atom stereocenters. The molecule has 0 saturated carbocycles. The van der Waals surface area contributed by atoms with Crippen LogP contribution < -0.4 is 11.1 Å². The number of esters is 1. The molecule has 1 aromatic carbocycles. The summed E-state index contributed by atoms with van der Waals surface area (Å²) in [5.41, 5.74) is 6.63. The van der Waals surface area contributed by atoms with Crippen molar-refractivity contribution in [3.63, 3.8) is 0 Å². The summed E-state index contributed by atoms with van der Waals surface area (Å²) in [7, 11) is 0. The Hall–Kier alpha value is -1.95. The van der Waals surface area contributed by atoms with E-state index in [0.717, 1.165) is 5.56 Å². The Bertz CT molecular complexity index is 491. The summed E-state index contributed by atoms with van der Waals surface area (Å²) >= 11 is 4.96. The van der Waals surface area contributed by atoms with Gasteiger partial charge in [0.05, 0.1) is 23.9 Å². The average Bonchev–Trinajstić information content (AvgIpc) is 2.45. The second-order valence-corrected chi connectivity index (χ2v) is 4.96.